The molecule has 1 spiro atoms. The number of fused-ring (bicyclic) bond motifs is 1. The standard InChI is InChI=1S/C26H38N6O4S/c1-24(2,3)18(30-23-28-8-9-37-23)22(36)32-12-14-16(25(14,4)5)17(32)21(35)29-15(19(27)33)10-13-11-26(6-7-26)31-20(13)34/h8-9,13-18H,6-7,10-12H2,1-5H3,(H2,27,33)(H,28,30)(H,29,35)(H,31,34)/t13-,14+,15+,16+,17+,18-/m1/s1. The number of nitrogens with zero attached hydrogens (tertiary/aromatic N) is 2. The van der Waals surface area contributed by atoms with E-state index in [0.717, 1.165) is 12.8 Å². The minimum Gasteiger partial charge on any atom is -0.368 e. The molecule has 1 aromatic rings. The Bertz CT molecular complexity index is 1110. The van der Waals surface area contributed by atoms with Crippen molar-refractivity contribution in [3.8, 4) is 0 Å². The van der Waals surface area contributed by atoms with Gasteiger partial charge in [-0.2, -0.15) is 0 Å². The van der Waals surface area contributed by atoms with Crippen LogP contribution in [0, 0.1) is 28.6 Å². The molecule has 3 heterocycles. The zero-order chi connectivity index (χ0) is 26.9. The highest BCUT2D eigenvalue weighted by Crippen LogP contribution is 2.65. The second-order valence-electron chi connectivity index (χ2n) is 13.0. The largest absolute Gasteiger partial charge is 0.368 e. The Morgan fingerprint density at radius 2 is 2.00 bits per heavy atom. The number of nitrogens with two attached hydrogens (primary N) is 1. The van der Waals surface area contributed by atoms with Crippen LogP contribution in [0.3, 0.4) is 0 Å². The van der Waals surface area contributed by atoms with Crippen LogP contribution in [-0.4, -0.2) is 63.7 Å². The first kappa shape index (κ1) is 25.9. The first-order valence-electron chi connectivity index (χ1n) is 13.1. The molecule has 4 amide bonds. The lowest BCUT2D eigenvalue weighted by atomic mass is 9.85. The summed E-state index contributed by atoms with van der Waals surface area (Å²) in [6.45, 7) is 10.7. The van der Waals surface area contributed by atoms with Crippen LogP contribution in [-0.2, 0) is 19.2 Å². The van der Waals surface area contributed by atoms with Crippen LogP contribution in [0.15, 0.2) is 11.6 Å². The fraction of sp³-hybridized carbons (Fsp3) is 0.731. The maximum Gasteiger partial charge on any atom is 0.246 e. The van der Waals surface area contributed by atoms with Gasteiger partial charge in [-0.05, 0) is 48.3 Å². The minimum atomic E-state index is -0.970. The first-order chi connectivity index (χ1) is 17.2. The molecular formula is C26H38N6O4S. The van der Waals surface area contributed by atoms with Crippen LogP contribution in [0.2, 0.25) is 0 Å². The van der Waals surface area contributed by atoms with Crippen molar-refractivity contribution in [2.45, 2.75) is 84.0 Å². The highest BCUT2D eigenvalue weighted by molar-refractivity contribution is 7.13. The van der Waals surface area contributed by atoms with E-state index in [2.05, 4.69) is 34.8 Å². The number of carbonyl (C=O) groups excluding carboxylic acids is 4. The number of primary amides is 1. The smallest absolute Gasteiger partial charge is 0.246 e. The number of carbonyl (C=O) groups is 4. The average Bonchev–Trinajstić information content (AvgIpc) is 3.34. The Balaban J connectivity index is 1.34. The van der Waals surface area contributed by atoms with Gasteiger partial charge >= 0.3 is 0 Å². The zero-order valence-corrected chi connectivity index (χ0v) is 23.0. The molecule has 0 radical (unpaired) electrons. The van der Waals surface area contributed by atoms with Crippen LogP contribution in [0.5, 0.6) is 0 Å². The lowest BCUT2D eigenvalue weighted by molar-refractivity contribution is -0.143. The molecule has 5 rings (SSSR count). The summed E-state index contributed by atoms with van der Waals surface area (Å²) in [7, 11) is 0. The number of nitrogens with one attached hydrogen (secondary N) is 3. The van der Waals surface area contributed by atoms with E-state index in [1.54, 1.807) is 11.1 Å². The van der Waals surface area contributed by atoms with Crippen LogP contribution in [0.4, 0.5) is 5.13 Å². The third-order valence-corrected chi connectivity index (χ3v) is 9.71. The van der Waals surface area contributed by atoms with Gasteiger partial charge in [0.2, 0.25) is 23.6 Å². The zero-order valence-electron chi connectivity index (χ0n) is 22.2. The van der Waals surface area contributed by atoms with Crippen LogP contribution < -0.4 is 21.7 Å². The molecule has 0 aromatic carbocycles. The first-order valence-corrected chi connectivity index (χ1v) is 14.0. The van der Waals surface area contributed by atoms with Gasteiger partial charge in [-0.1, -0.05) is 34.6 Å². The molecular weight excluding hydrogens is 492 g/mol. The maximum atomic E-state index is 13.9. The van der Waals surface area contributed by atoms with Gasteiger partial charge in [-0.3, -0.25) is 19.2 Å². The molecule has 202 valence electrons. The molecule has 1 aromatic heterocycles. The SMILES string of the molecule is CC(C)(C)[C@H](Nc1nccs1)C(=O)N1C[C@H]2[C@@H]([C@H]1C(=O)N[C@@H](C[C@@H]1CC3(CC3)NC1=O)C(N)=O)C2(C)C. The number of hydrogen-bond donors (Lipinski definition) is 4. The monoisotopic (exact) mass is 530 g/mol. The Kier molecular flexibility index (Phi) is 6.08. The van der Waals surface area contributed by atoms with Crippen LogP contribution in [0.1, 0.15) is 60.3 Å². The summed E-state index contributed by atoms with van der Waals surface area (Å²) in [6.07, 6.45) is 4.41. The summed E-state index contributed by atoms with van der Waals surface area (Å²) in [5.41, 5.74) is 5.05. The molecule has 4 aliphatic rings. The Labute approximate surface area is 221 Å². The van der Waals surface area contributed by atoms with Crippen molar-refractivity contribution in [1.29, 1.82) is 0 Å². The molecule has 37 heavy (non-hydrogen) atoms. The molecule has 2 aliphatic carbocycles. The Hall–Kier alpha value is -2.69. The second-order valence-corrected chi connectivity index (χ2v) is 13.9. The summed E-state index contributed by atoms with van der Waals surface area (Å²) in [5, 5.41) is 11.6. The molecule has 6 atom stereocenters. The number of likely N-dealkylation sites (tertiary alicyclic amines) is 1. The van der Waals surface area contributed by atoms with Crippen LogP contribution in [0.25, 0.3) is 0 Å². The summed E-state index contributed by atoms with van der Waals surface area (Å²) in [5.74, 6) is -1.45. The average molecular weight is 531 g/mol. The van der Waals surface area contributed by atoms with Gasteiger partial charge in [0.15, 0.2) is 5.13 Å². The van der Waals surface area contributed by atoms with E-state index < -0.39 is 29.4 Å². The van der Waals surface area contributed by atoms with Crippen molar-refractivity contribution in [2.24, 2.45) is 34.3 Å². The Morgan fingerprint density at radius 3 is 2.54 bits per heavy atom. The van der Waals surface area contributed by atoms with Gasteiger partial charge in [0.05, 0.1) is 0 Å². The molecule has 2 saturated carbocycles. The Morgan fingerprint density at radius 1 is 1.30 bits per heavy atom. The second kappa shape index (κ2) is 8.68. The van der Waals surface area contributed by atoms with E-state index in [4.69, 9.17) is 5.73 Å². The van der Waals surface area contributed by atoms with E-state index in [1.165, 1.54) is 11.3 Å². The number of rotatable bonds is 8. The van der Waals surface area contributed by atoms with Crippen molar-refractivity contribution < 1.29 is 19.2 Å². The highest BCUT2D eigenvalue weighted by atomic mass is 32.1. The third-order valence-electron chi connectivity index (χ3n) is 9.00. The topological polar surface area (TPSA) is 147 Å². The molecule has 4 fully saturated rings. The third kappa shape index (κ3) is 4.70. The van der Waals surface area contributed by atoms with Crippen molar-refractivity contribution in [3.05, 3.63) is 11.6 Å². The fourth-order valence-electron chi connectivity index (χ4n) is 6.48. The predicted octanol–water partition coefficient (Wildman–Crippen LogP) is 1.48. The van der Waals surface area contributed by atoms with Gasteiger partial charge < -0.3 is 26.6 Å². The normalized spacial score (nSPS) is 30.3. The van der Waals surface area contributed by atoms with Gasteiger partial charge in [-0.15, -0.1) is 11.3 Å². The van der Waals surface area contributed by atoms with Crippen molar-refractivity contribution >= 4 is 40.1 Å². The molecule has 11 heteroatoms. The summed E-state index contributed by atoms with van der Waals surface area (Å²) in [4.78, 5) is 58.5. The summed E-state index contributed by atoms with van der Waals surface area (Å²) in [6, 6.07) is -2.26. The highest BCUT2D eigenvalue weighted by Gasteiger charge is 2.70. The van der Waals surface area contributed by atoms with Crippen molar-refractivity contribution in [2.75, 3.05) is 11.9 Å². The molecule has 10 nitrogen and oxygen atoms in total. The molecule has 0 bridgehead atoms. The number of amides is 4. The van der Waals surface area contributed by atoms with E-state index in [1.807, 2.05) is 26.2 Å². The number of aromatic nitrogens is 1. The van der Waals surface area contributed by atoms with E-state index in [9.17, 15) is 19.2 Å². The quantitative estimate of drug-likeness (QED) is 0.400. The summed E-state index contributed by atoms with van der Waals surface area (Å²) >= 11 is 1.42. The van der Waals surface area contributed by atoms with E-state index in [0.29, 0.717) is 18.1 Å². The van der Waals surface area contributed by atoms with Gasteiger partial charge in [0.25, 0.3) is 0 Å². The number of thiazole rings is 1. The number of anilines is 1. The molecule has 2 aliphatic heterocycles. The van der Waals surface area contributed by atoms with Gasteiger partial charge in [0, 0.05) is 29.6 Å². The minimum absolute atomic E-state index is 0.00466. The van der Waals surface area contributed by atoms with E-state index >= 15 is 0 Å². The lowest BCUT2D eigenvalue weighted by Crippen LogP contribution is -2.58. The predicted molar refractivity (Wildman–Crippen MR) is 139 cm³/mol. The molecule has 5 N–H and O–H groups in total. The van der Waals surface area contributed by atoms with Crippen molar-refractivity contribution in [3.63, 3.8) is 0 Å². The lowest BCUT2D eigenvalue weighted by Gasteiger charge is -2.38. The molecule has 2 saturated heterocycles. The van der Waals surface area contributed by atoms with Crippen LogP contribution >= 0.6 is 11.3 Å². The number of piperidine rings is 1. The van der Waals surface area contributed by atoms with Gasteiger partial charge in [0.1, 0.15) is 18.1 Å². The fourth-order valence-corrected chi connectivity index (χ4v) is 7.04. The maximum absolute atomic E-state index is 13.9. The van der Waals surface area contributed by atoms with Crippen molar-refractivity contribution in [1.82, 2.24) is 20.5 Å². The van der Waals surface area contributed by atoms with Gasteiger partial charge in [-0.25, -0.2) is 4.98 Å². The number of hydrogen-bond acceptors (Lipinski definition) is 7. The summed E-state index contributed by atoms with van der Waals surface area (Å²) < 4.78 is 0. The van der Waals surface area contributed by atoms with E-state index in [-0.39, 0.29) is 52.8 Å². The molecule has 0 unspecified atom stereocenters.